The Morgan fingerprint density at radius 2 is 1.90 bits per heavy atom. The zero-order valence-electron chi connectivity index (χ0n) is 16.6. The van der Waals surface area contributed by atoms with E-state index in [4.69, 9.17) is 9.97 Å². The summed E-state index contributed by atoms with van der Waals surface area (Å²) in [5.74, 6) is 1.93. The summed E-state index contributed by atoms with van der Waals surface area (Å²) in [5.41, 5.74) is 5.70. The predicted molar refractivity (Wildman–Crippen MR) is 113 cm³/mol. The van der Waals surface area contributed by atoms with Crippen LogP contribution in [0.25, 0.3) is 22.4 Å². The van der Waals surface area contributed by atoms with Crippen LogP contribution in [0.15, 0.2) is 55.0 Å². The average Bonchev–Trinajstić information content (AvgIpc) is 3.11. The second-order valence-corrected chi connectivity index (χ2v) is 7.53. The first-order valence-corrected chi connectivity index (χ1v) is 10.2. The highest BCUT2D eigenvalue weighted by molar-refractivity contribution is 5.75. The van der Waals surface area contributed by atoms with Crippen molar-refractivity contribution >= 4 is 11.0 Å². The van der Waals surface area contributed by atoms with Crippen LogP contribution in [0.5, 0.6) is 0 Å². The van der Waals surface area contributed by atoms with Crippen molar-refractivity contribution in [2.45, 2.75) is 39.4 Å². The number of pyridine rings is 1. The van der Waals surface area contributed by atoms with E-state index in [0.29, 0.717) is 0 Å². The zero-order chi connectivity index (χ0) is 19.6. The summed E-state index contributed by atoms with van der Waals surface area (Å²) >= 11 is 0. The lowest BCUT2D eigenvalue weighted by molar-refractivity contribution is 0.234. The summed E-state index contributed by atoms with van der Waals surface area (Å²) in [4.78, 5) is 20.9. The first-order valence-electron chi connectivity index (χ1n) is 10.2. The van der Waals surface area contributed by atoms with Crippen LogP contribution in [0.4, 0.5) is 0 Å². The molecule has 0 fully saturated rings. The third-order valence-corrected chi connectivity index (χ3v) is 5.50. The molecule has 0 bridgehead atoms. The van der Waals surface area contributed by atoms with E-state index in [0.717, 1.165) is 67.4 Å². The molecule has 5 rings (SSSR count). The fourth-order valence-electron chi connectivity index (χ4n) is 4.07. The van der Waals surface area contributed by atoms with E-state index in [-0.39, 0.29) is 0 Å². The van der Waals surface area contributed by atoms with Gasteiger partial charge in [-0.1, -0.05) is 19.1 Å². The molecule has 1 aliphatic rings. The van der Waals surface area contributed by atoms with Crippen LogP contribution in [0.3, 0.4) is 0 Å². The molecule has 3 aromatic heterocycles. The minimum absolute atomic E-state index is 0.782. The van der Waals surface area contributed by atoms with Gasteiger partial charge in [-0.15, -0.1) is 0 Å². The van der Waals surface area contributed by atoms with Crippen molar-refractivity contribution in [3.63, 3.8) is 0 Å². The van der Waals surface area contributed by atoms with Crippen molar-refractivity contribution in [1.82, 2.24) is 29.4 Å². The Kier molecular flexibility index (Phi) is 4.77. The molecule has 6 heteroatoms. The topological polar surface area (TPSA) is 59.7 Å². The number of hydrogen-bond donors (Lipinski definition) is 0. The van der Waals surface area contributed by atoms with E-state index in [1.54, 1.807) is 12.4 Å². The highest BCUT2D eigenvalue weighted by atomic mass is 15.2. The lowest BCUT2D eigenvalue weighted by Crippen LogP contribution is -2.32. The van der Waals surface area contributed by atoms with Crippen molar-refractivity contribution in [1.29, 1.82) is 0 Å². The van der Waals surface area contributed by atoms with Crippen molar-refractivity contribution in [3.8, 4) is 11.4 Å². The SMILES string of the molecule is CCCn1c(CN2CCc3nc(-c4ccncc4)ncc3C2)nc2ccccc21. The van der Waals surface area contributed by atoms with Gasteiger partial charge >= 0.3 is 0 Å². The van der Waals surface area contributed by atoms with Gasteiger partial charge in [-0.25, -0.2) is 15.0 Å². The van der Waals surface area contributed by atoms with Crippen molar-refractivity contribution in [3.05, 3.63) is 72.1 Å². The van der Waals surface area contributed by atoms with Gasteiger partial charge in [-0.3, -0.25) is 9.88 Å². The second kappa shape index (κ2) is 7.72. The van der Waals surface area contributed by atoms with Gasteiger partial charge in [-0.05, 0) is 30.7 Å². The number of benzene rings is 1. The van der Waals surface area contributed by atoms with Gasteiger partial charge in [0.2, 0.25) is 0 Å². The van der Waals surface area contributed by atoms with E-state index in [1.165, 1.54) is 11.1 Å². The van der Waals surface area contributed by atoms with Crippen LogP contribution in [0.1, 0.15) is 30.4 Å². The number of aromatic nitrogens is 5. The lowest BCUT2D eigenvalue weighted by atomic mass is 10.1. The van der Waals surface area contributed by atoms with E-state index in [2.05, 4.69) is 50.6 Å². The molecule has 6 nitrogen and oxygen atoms in total. The molecule has 0 atom stereocenters. The standard InChI is InChI=1S/C23H24N6/c1-2-12-29-21-6-4-3-5-20(21)26-22(29)16-28-13-9-19-18(15-28)14-25-23(27-19)17-7-10-24-11-8-17/h3-8,10-11,14H,2,9,12-13,15-16H2,1H3. The van der Waals surface area contributed by atoms with Crippen LogP contribution in [-0.4, -0.2) is 35.9 Å². The van der Waals surface area contributed by atoms with E-state index in [9.17, 15) is 0 Å². The van der Waals surface area contributed by atoms with Gasteiger partial charge in [0, 0.05) is 55.8 Å². The number of nitrogens with zero attached hydrogens (tertiary/aromatic N) is 6. The molecular weight excluding hydrogens is 360 g/mol. The van der Waals surface area contributed by atoms with Gasteiger partial charge in [0.05, 0.1) is 23.3 Å². The third-order valence-electron chi connectivity index (χ3n) is 5.50. The van der Waals surface area contributed by atoms with E-state index in [1.807, 2.05) is 18.3 Å². The molecule has 0 saturated carbocycles. The molecule has 0 amide bonds. The monoisotopic (exact) mass is 384 g/mol. The molecule has 4 heterocycles. The number of rotatable bonds is 5. The molecule has 0 aliphatic carbocycles. The Labute approximate surface area is 170 Å². The summed E-state index contributed by atoms with van der Waals surface area (Å²) in [5, 5.41) is 0. The Hall–Kier alpha value is -3.12. The molecular formula is C23H24N6. The van der Waals surface area contributed by atoms with Crippen LogP contribution in [0, 0.1) is 0 Å². The van der Waals surface area contributed by atoms with Gasteiger partial charge in [0.1, 0.15) is 5.82 Å². The van der Waals surface area contributed by atoms with E-state index < -0.39 is 0 Å². The molecule has 1 aliphatic heterocycles. The molecule has 1 aromatic carbocycles. The third kappa shape index (κ3) is 3.51. The predicted octanol–water partition coefficient (Wildman–Crippen LogP) is 3.86. The smallest absolute Gasteiger partial charge is 0.159 e. The number of fused-ring (bicyclic) bond motifs is 2. The van der Waals surface area contributed by atoms with Gasteiger partial charge in [0.15, 0.2) is 5.82 Å². The molecule has 0 spiro atoms. The Morgan fingerprint density at radius 1 is 1.03 bits per heavy atom. The van der Waals surface area contributed by atoms with Crippen molar-refractivity contribution in [2.24, 2.45) is 0 Å². The number of hydrogen-bond acceptors (Lipinski definition) is 5. The fraction of sp³-hybridized carbons (Fsp3) is 0.304. The summed E-state index contributed by atoms with van der Waals surface area (Å²) in [6, 6.07) is 12.3. The molecule has 4 aromatic rings. The highest BCUT2D eigenvalue weighted by Gasteiger charge is 2.21. The first kappa shape index (κ1) is 17.9. The number of para-hydroxylation sites is 2. The zero-order valence-corrected chi connectivity index (χ0v) is 16.6. The molecule has 29 heavy (non-hydrogen) atoms. The maximum Gasteiger partial charge on any atom is 0.159 e. The summed E-state index contributed by atoms with van der Waals surface area (Å²) in [6.07, 6.45) is 7.58. The number of aryl methyl sites for hydroxylation is 1. The van der Waals surface area contributed by atoms with Crippen LogP contribution in [-0.2, 0) is 26.1 Å². The Balaban J connectivity index is 1.38. The molecule has 0 unspecified atom stereocenters. The highest BCUT2D eigenvalue weighted by Crippen LogP contribution is 2.23. The molecule has 0 N–H and O–H groups in total. The average molecular weight is 384 g/mol. The van der Waals surface area contributed by atoms with Crippen molar-refractivity contribution in [2.75, 3.05) is 6.54 Å². The molecule has 0 radical (unpaired) electrons. The summed E-state index contributed by atoms with van der Waals surface area (Å²) < 4.78 is 2.37. The summed E-state index contributed by atoms with van der Waals surface area (Å²) in [6.45, 7) is 5.91. The van der Waals surface area contributed by atoms with Gasteiger partial charge in [-0.2, -0.15) is 0 Å². The second-order valence-electron chi connectivity index (χ2n) is 7.53. The Morgan fingerprint density at radius 3 is 2.76 bits per heavy atom. The molecule has 0 saturated heterocycles. The lowest BCUT2D eigenvalue weighted by Gasteiger charge is -2.28. The molecule has 146 valence electrons. The van der Waals surface area contributed by atoms with Gasteiger partial charge in [0.25, 0.3) is 0 Å². The van der Waals surface area contributed by atoms with Crippen LogP contribution < -0.4 is 0 Å². The first-order chi connectivity index (χ1) is 14.3. The van der Waals surface area contributed by atoms with Gasteiger partial charge < -0.3 is 4.57 Å². The quantitative estimate of drug-likeness (QED) is 0.523. The normalized spacial score (nSPS) is 14.2. The minimum Gasteiger partial charge on any atom is -0.327 e. The largest absolute Gasteiger partial charge is 0.327 e. The van der Waals surface area contributed by atoms with Crippen LogP contribution in [0.2, 0.25) is 0 Å². The van der Waals surface area contributed by atoms with Crippen molar-refractivity contribution < 1.29 is 0 Å². The maximum absolute atomic E-state index is 4.92. The number of imidazole rings is 1. The summed E-state index contributed by atoms with van der Waals surface area (Å²) in [7, 11) is 0. The maximum atomic E-state index is 4.92. The fourth-order valence-corrected chi connectivity index (χ4v) is 4.07. The van der Waals surface area contributed by atoms with Crippen LogP contribution >= 0.6 is 0 Å². The Bertz CT molecular complexity index is 1130. The van der Waals surface area contributed by atoms with E-state index >= 15 is 0 Å². The minimum atomic E-state index is 0.782.